The Hall–Kier alpha value is -0.900. The Morgan fingerprint density at radius 3 is 2.70 bits per heavy atom. The maximum Gasteiger partial charge on any atom is 0.0234 e. The van der Waals surface area contributed by atoms with Crippen LogP contribution in [0.25, 0.3) is 0 Å². The summed E-state index contributed by atoms with van der Waals surface area (Å²) in [6.07, 6.45) is 3.82. The zero-order chi connectivity index (χ0) is 14.4. The molecule has 0 spiro atoms. The van der Waals surface area contributed by atoms with Gasteiger partial charge in [0.15, 0.2) is 0 Å². The molecule has 0 radical (unpaired) electrons. The molecule has 1 atom stereocenters. The average Bonchev–Trinajstić information content (AvgIpc) is 2.83. The first-order chi connectivity index (χ1) is 9.70. The lowest BCUT2D eigenvalue weighted by molar-refractivity contribution is 0.215. The number of hydrogen-bond acceptors (Lipinski definition) is 3. The van der Waals surface area contributed by atoms with Gasteiger partial charge in [-0.15, -0.1) is 0 Å². The van der Waals surface area contributed by atoms with Crippen molar-refractivity contribution in [2.75, 3.05) is 40.8 Å². The molecule has 0 aromatic heterocycles. The van der Waals surface area contributed by atoms with Crippen molar-refractivity contribution >= 4 is 0 Å². The smallest absolute Gasteiger partial charge is 0.0234 e. The molecule has 1 unspecified atom stereocenters. The minimum atomic E-state index is 0.740. The molecule has 1 aliphatic rings. The van der Waals surface area contributed by atoms with Crippen LogP contribution in [0.15, 0.2) is 24.3 Å². The van der Waals surface area contributed by atoms with Gasteiger partial charge in [0.2, 0.25) is 0 Å². The van der Waals surface area contributed by atoms with Crippen molar-refractivity contribution in [1.82, 2.24) is 15.1 Å². The van der Waals surface area contributed by atoms with E-state index in [1.807, 2.05) is 7.05 Å². The van der Waals surface area contributed by atoms with Gasteiger partial charge in [-0.3, -0.25) is 0 Å². The zero-order valence-electron chi connectivity index (χ0n) is 13.2. The fraction of sp³-hybridized carbons (Fsp3) is 0.647. The molecule has 3 heteroatoms. The van der Waals surface area contributed by atoms with Gasteiger partial charge in [-0.25, -0.2) is 0 Å². The van der Waals surface area contributed by atoms with Gasteiger partial charge in [0.05, 0.1) is 0 Å². The summed E-state index contributed by atoms with van der Waals surface area (Å²) in [5.74, 6) is 0. The van der Waals surface area contributed by atoms with Crippen LogP contribution in [0.5, 0.6) is 0 Å². The van der Waals surface area contributed by atoms with Crippen LogP contribution in [0.1, 0.15) is 24.0 Å². The van der Waals surface area contributed by atoms with E-state index in [1.165, 1.54) is 37.1 Å². The third-order valence-corrected chi connectivity index (χ3v) is 4.40. The van der Waals surface area contributed by atoms with E-state index >= 15 is 0 Å². The van der Waals surface area contributed by atoms with Crippen molar-refractivity contribution in [3.63, 3.8) is 0 Å². The molecule has 0 bridgehead atoms. The highest BCUT2D eigenvalue weighted by Gasteiger charge is 2.22. The van der Waals surface area contributed by atoms with Gasteiger partial charge in [0.1, 0.15) is 0 Å². The van der Waals surface area contributed by atoms with Crippen molar-refractivity contribution < 1.29 is 0 Å². The standard InChI is InChI=1S/C17H29N3/c1-18-11-10-15-7-4-5-8-16(15)13-19(2)14-17-9-6-12-20(17)3/h4-5,7-8,17-18H,6,9-14H2,1-3H3. The van der Waals surface area contributed by atoms with E-state index in [4.69, 9.17) is 0 Å². The molecule has 3 nitrogen and oxygen atoms in total. The van der Waals surface area contributed by atoms with E-state index in [2.05, 4.69) is 53.5 Å². The lowest BCUT2D eigenvalue weighted by Gasteiger charge is -2.26. The van der Waals surface area contributed by atoms with Crippen LogP contribution in [0.2, 0.25) is 0 Å². The molecule has 1 heterocycles. The van der Waals surface area contributed by atoms with Gasteiger partial charge in [0.25, 0.3) is 0 Å². The van der Waals surface area contributed by atoms with Gasteiger partial charge < -0.3 is 15.1 Å². The molecule has 0 aliphatic carbocycles. The lowest BCUT2D eigenvalue weighted by Crippen LogP contribution is -2.36. The topological polar surface area (TPSA) is 18.5 Å². The fourth-order valence-electron chi connectivity index (χ4n) is 3.14. The zero-order valence-corrected chi connectivity index (χ0v) is 13.2. The number of rotatable bonds is 7. The van der Waals surface area contributed by atoms with E-state index in [-0.39, 0.29) is 0 Å². The van der Waals surface area contributed by atoms with E-state index in [0.29, 0.717) is 0 Å². The van der Waals surface area contributed by atoms with Crippen LogP contribution >= 0.6 is 0 Å². The van der Waals surface area contributed by atoms with Crippen LogP contribution in [0.4, 0.5) is 0 Å². The Balaban J connectivity index is 1.91. The summed E-state index contributed by atoms with van der Waals surface area (Å²) in [5.41, 5.74) is 2.96. The number of hydrogen-bond donors (Lipinski definition) is 1. The SMILES string of the molecule is CNCCc1ccccc1CN(C)CC1CCCN1C. The van der Waals surface area contributed by atoms with Gasteiger partial charge in [0, 0.05) is 19.1 Å². The number of likely N-dealkylation sites (tertiary alicyclic amines) is 1. The highest BCUT2D eigenvalue weighted by molar-refractivity contribution is 5.27. The monoisotopic (exact) mass is 275 g/mol. The highest BCUT2D eigenvalue weighted by Crippen LogP contribution is 2.17. The summed E-state index contributed by atoms with van der Waals surface area (Å²) in [6.45, 7) is 4.55. The van der Waals surface area contributed by atoms with Crippen molar-refractivity contribution in [3.05, 3.63) is 35.4 Å². The normalized spacial score (nSPS) is 19.9. The first kappa shape index (κ1) is 15.5. The average molecular weight is 275 g/mol. The van der Waals surface area contributed by atoms with Gasteiger partial charge >= 0.3 is 0 Å². The lowest BCUT2D eigenvalue weighted by atomic mass is 10.0. The maximum absolute atomic E-state index is 3.24. The van der Waals surface area contributed by atoms with Gasteiger partial charge in [-0.2, -0.15) is 0 Å². The molecule has 2 rings (SSSR count). The fourth-order valence-corrected chi connectivity index (χ4v) is 3.14. The number of nitrogens with one attached hydrogen (secondary N) is 1. The molecular weight excluding hydrogens is 246 g/mol. The molecule has 1 aromatic carbocycles. The van der Waals surface area contributed by atoms with E-state index in [9.17, 15) is 0 Å². The second-order valence-electron chi connectivity index (χ2n) is 6.10. The first-order valence-corrected chi connectivity index (χ1v) is 7.81. The molecule has 0 amide bonds. The number of benzene rings is 1. The molecule has 20 heavy (non-hydrogen) atoms. The van der Waals surface area contributed by atoms with Crippen LogP contribution in [0.3, 0.4) is 0 Å². The van der Waals surface area contributed by atoms with Crippen LogP contribution < -0.4 is 5.32 Å². The second-order valence-corrected chi connectivity index (χ2v) is 6.10. The molecular formula is C17H29N3. The third-order valence-electron chi connectivity index (χ3n) is 4.40. The minimum Gasteiger partial charge on any atom is -0.319 e. The molecule has 1 aromatic rings. The quantitative estimate of drug-likeness (QED) is 0.821. The summed E-state index contributed by atoms with van der Waals surface area (Å²) >= 11 is 0. The van der Waals surface area contributed by atoms with Crippen LogP contribution in [0, 0.1) is 0 Å². The Morgan fingerprint density at radius 2 is 2.05 bits per heavy atom. The molecule has 1 aliphatic heterocycles. The Morgan fingerprint density at radius 1 is 1.30 bits per heavy atom. The molecule has 1 saturated heterocycles. The Kier molecular flexibility index (Phi) is 6.02. The third kappa shape index (κ3) is 4.30. The van der Waals surface area contributed by atoms with Gasteiger partial charge in [-0.1, -0.05) is 24.3 Å². The summed E-state index contributed by atoms with van der Waals surface area (Å²) in [6, 6.07) is 9.60. The number of nitrogens with zero attached hydrogens (tertiary/aromatic N) is 2. The highest BCUT2D eigenvalue weighted by atomic mass is 15.2. The predicted molar refractivity (Wildman–Crippen MR) is 86.1 cm³/mol. The Labute approximate surface area is 124 Å². The van der Waals surface area contributed by atoms with Crippen LogP contribution in [-0.4, -0.2) is 56.6 Å². The van der Waals surface area contributed by atoms with E-state index < -0.39 is 0 Å². The Bertz CT molecular complexity index is 405. The molecule has 1 fully saturated rings. The molecule has 112 valence electrons. The second kappa shape index (κ2) is 7.77. The molecule has 1 N–H and O–H groups in total. The van der Waals surface area contributed by atoms with Crippen molar-refractivity contribution in [1.29, 1.82) is 0 Å². The predicted octanol–water partition coefficient (Wildman–Crippen LogP) is 1.97. The van der Waals surface area contributed by atoms with Crippen molar-refractivity contribution in [2.45, 2.75) is 31.8 Å². The summed E-state index contributed by atoms with van der Waals surface area (Å²) < 4.78 is 0. The van der Waals surface area contributed by atoms with Crippen LogP contribution in [-0.2, 0) is 13.0 Å². The number of likely N-dealkylation sites (N-methyl/N-ethyl adjacent to an activating group) is 3. The summed E-state index contributed by atoms with van der Waals surface area (Å²) in [5, 5.41) is 3.24. The largest absolute Gasteiger partial charge is 0.319 e. The van der Waals surface area contributed by atoms with Gasteiger partial charge in [-0.05, 0) is 64.6 Å². The molecule has 0 saturated carbocycles. The summed E-state index contributed by atoms with van der Waals surface area (Å²) in [7, 11) is 6.53. The minimum absolute atomic E-state index is 0.740. The van der Waals surface area contributed by atoms with E-state index in [0.717, 1.165) is 25.6 Å². The van der Waals surface area contributed by atoms with E-state index in [1.54, 1.807) is 0 Å². The van der Waals surface area contributed by atoms with Crippen molar-refractivity contribution in [3.8, 4) is 0 Å². The first-order valence-electron chi connectivity index (χ1n) is 7.81. The summed E-state index contributed by atoms with van der Waals surface area (Å²) in [4.78, 5) is 4.98. The van der Waals surface area contributed by atoms with Crippen molar-refractivity contribution in [2.24, 2.45) is 0 Å². The maximum atomic E-state index is 3.24.